The summed E-state index contributed by atoms with van der Waals surface area (Å²) >= 11 is 0. The summed E-state index contributed by atoms with van der Waals surface area (Å²) in [4.78, 5) is 4.26. The van der Waals surface area contributed by atoms with E-state index in [0.29, 0.717) is 17.6 Å². The Morgan fingerprint density at radius 1 is 1.04 bits per heavy atom. The maximum atomic E-state index is 10.4. The highest BCUT2D eigenvalue weighted by atomic mass is 16.3. The fraction of sp³-hybridized carbons (Fsp3) is 0.450. The molecule has 0 fully saturated rings. The van der Waals surface area contributed by atoms with Gasteiger partial charge in [-0.1, -0.05) is 52.0 Å². The molecule has 3 heteroatoms. The Balaban J connectivity index is 2.49. The smallest absolute Gasteiger partial charge is 0.119 e. The van der Waals surface area contributed by atoms with Gasteiger partial charge >= 0.3 is 0 Å². The summed E-state index contributed by atoms with van der Waals surface area (Å²) in [5, 5.41) is 10.4. The molecule has 1 unspecified atom stereocenters. The zero-order chi connectivity index (χ0) is 17.0. The van der Waals surface area contributed by atoms with Crippen LogP contribution in [0.4, 0.5) is 0 Å². The standard InChI is InChI=1S/C20H28N2O/c1-14(2)20(21,15(3)4)12-18(16-8-7-11-22-13-16)17-9-5-6-10-19(17)23/h5-11,13-15,18,23H,12,21H2,1-4H3. The molecule has 1 atom stereocenters. The van der Waals surface area contributed by atoms with E-state index in [-0.39, 0.29) is 11.5 Å². The molecular formula is C20H28N2O. The lowest BCUT2D eigenvalue weighted by molar-refractivity contribution is 0.199. The van der Waals surface area contributed by atoms with Gasteiger partial charge in [0.25, 0.3) is 0 Å². The summed E-state index contributed by atoms with van der Waals surface area (Å²) in [6.07, 6.45) is 4.41. The Kier molecular flexibility index (Phi) is 5.42. The van der Waals surface area contributed by atoms with Gasteiger partial charge in [-0.2, -0.15) is 0 Å². The van der Waals surface area contributed by atoms with Gasteiger partial charge in [-0.3, -0.25) is 4.98 Å². The van der Waals surface area contributed by atoms with Crippen molar-refractivity contribution in [3.05, 3.63) is 59.9 Å². The fourth-order valence-electron chi connectivity index (χ4n) is 3.26. The molecule has 124 valence electrons. The molecule has 1 aromatic heterocycles. The quantitative estimate of drug-likeness (QED) is 0.835. The zero-order valence-electron chi connectivity index (χ0n) is 14.5. The van der Waals surface area contributed by atoms with Crippen LogP contribution in [0.25, 0.3) is 0 Å². The summed E-state index contributed by atoms with van der Waals surface area (Å²) in [7, 11) is 0. The van der Waals surface area contributed by atoms with E-state index in [2.05, 4.69) is 38.7 Å². The van der Waals surface area contributed by atoms with Gasteiger partial charge in [-0.25, -0.2) is 0 Å². The monoisotopic (exact) mass is 312 g/mol. The number of hydrogen-bond acceptors (Lipinski definition) is 3. The van der Waals surface area contributed by atoms with E-state index in [0.717, 1.165) is 17.5 Å². The molecule has 0 aliphatic heterocycles. The average Bonchev–Trinajstić information content (AvgIpc) is 2.53. The van der Waals surface area contributed by atoms with Crippen LogP contribution < -0.4 is 5.73 Å². The molecule has 2 aromatic rings. The van der Waals surface area contributed by atoms with E-state index >= 15 is 0 Å². The maximum Gasteiger partial charge on any atom is 0.119 e. The highest BCUT2D eigenvalue weighted by molar-refractivity contribution is 5.41. The molecular weight excluding hydrogens is 284 g/mol. The number of phenols is 1. The van der Waals surface area contributed by atoms with Crippen LogP contribution >= 0.6 is 0 Å². The van der Waals surface area contributed by atoms with Crippen molar-refractivity contribution in [1.82, 2.24) is 4.98 Å². The van der Waals surface area contributed by atoms with Crippen LogP contribution in [-0.4, -0.2) is 15.6 Å². The van der Waals surface area contributed by atoms with E-state index in [1.165, 1.54) is 0 Å². The van der Waals surface area contributed by atoms with Crippen LogP contribution in [0.1, 0.15) is 51.2 Å². The molecule has 0 aliphatic carbocycles. The van der Waals surface area contributed by atoms with Crippen molar-refractivity contribution in [2.24, 2.45) is 17.6 Å². The molecule has 23 heavy (non-hydrogen) atoms. The Hall–Kier alpha value is -1.87. The molecule has 0 saturated heterocycles. The number of phenolic OH excluding ortho intramolecular Hbond substituents is 1. The first-order chi connectivity index (χ1) is 10.9. The molecule has 1 aromatic carbocycles. The normalized spacial score (nSPS) is 13.5. The Morgan fingerprint density at radius 2 is 1.70 bits per heavy atom. The lowest BCUT2D eigenvalue weighted by Crippen LogP contribution is -2.51. The van der Waals surface area contributed by atoms with Gasteiger partial charge in [0.15, 0.2) is 0 Å². The van der Waals surface area contributed by atoms with Gasteiger partial charge < -0.3 is 10.8 Å². The SMILES string of the molecule is CC(C)C(N)(CC(c1cccnc1)c1ccccc1O)C(C)C. The van der Waals surface area contributed by atoms with Gasteiger partial charge in [0.2, 0.25) is 0 Å². The second-order valence-corrected chi connectivity index (χ2v) is 7.02. The second kappa shape index (κ2) is 7.14. The van der Waals surface area contributed by atoms with E-state index in [1.54, 1.807) is 12.3 Å². The molecule has 1 heterocycles. The molecule has 0 amide bonds. The van der Waals surface area contributed by atoms with Crippen molar-refractivity contribution < 1.29 is 5.11 Å². The number of pyridine rings is 1. The summed E-state index contributed by atoms with van der Waals surface area (Å²) in [5.74, 6) is 1.02. The minimum Gasteiger partial charge on any atom is -0.508 e. The van der Waals surface area contributed by atoms with E-state index in [9.17, 15) is 5.11 Å². The van der Waals surface area contributed by atoms with Crippen molar-refractivity contribution in [1.29, 1.82) is 0 Å². The first kappa shape index (κ1) is 17.5. The summed E-state index contributed by atoms with van der Waals surface area (Å²) in [6, 6.07) is 11.5. The predicted molar refractivity (Wildman–Crippen MR) is 95.4 cm³/mol. The first-order valence-corrected chi connectivity index (χ1v) is 8.33. The maximum absolute atomic E-state index is 10.4. The Bertz CT molecular complexity index is 615. The predicted octanol–water partition coefficient (Wildman–Crippen LogP) is 4.32. The minimum absolute atomic E-state index is 0.0275. The second-order valence-electron chi connectivity index (χ2n) is 7.02. The summed E-state index contributed by atoms with van der Waals surface area (Å²) in [5.41, 5.74) is 8.49. The van der Waals surface area contributed by atoms with Crippen molar-refractivity contribution in [2.45, 2.75) is 45.6 Å². The number of rotatable bonds is 6. The summed E-state index contributed by atoms with van der Waals surface area (Å²) < 4.78 is 0. The first-order valence-electron chi connectivity index (χ1n) is 8.33. The largest absolute Gasteiger partial charge is 0.508 e. The average molecular weight is 312 g/mol. The van der Waals surface area contributed by atoms with E-state index in [4.69, 9.17) is 5.73 Å². The molecule has 0 aliphatic rings. The minimum atomic E-state index is -0.317. The van der Waals surface area contributed by atoms with Gasteiger partial charge in [-0.05, 0) is 36.0 Å². The van der Waals surface area contributed by atoms with Crippen molar-refractivity contribution in [3.8, 4) is 5.75 Å². The number of benzene rings is 1. The highest BCUT2D eigenvalue weighted by Crippen LogP contribution is 2.40. The lowest BCUT2D eigenvalue weighted by atomic mass is 9.69. The molecule has 0 saturated carbocycles. The number of para-hydroxylation sites is 1. The van der Waals surface area contributed by atoms with Crippen molar-refractivity contribution >= 4 is 0 Å². The van der Waals surface area contributed by atoms with Gasteiger partial charge in [0, 0.05) is 29.4 Å². The van der Waals surface area contributed by atoms with Crippen LogP contribution in [0.2, 0.25) is 0 Å². The molecule has 2 rings (SSSR count). The topological polar surface area (TPSA) is 59.1 Å². The van der Waals surface area contributed by atoms with E-state index in [1.807, 2.05) is 30.5 Å². The number of nitrogens with zero attached hydrogens (tertiary/aromatic N) is 1. The van der Waals surface area contributed by atoms with Crippen LogP contribution in [0, 0.1) is 11.8 Å². The Morgan fingerprint density at radius 3 is 2.22 bits per heavy atom. The number of nitrogens with two attached hydrogens (primary N) is 1. The van der Waals surface area contributed by atoms with Crippen LogP contribution in [-0.2, 0) is 0 Å². The zero-order valence-corrected chi connectivity index (χ0v) is 14.5. The van der Waals surface area contributed by atoms with Crippen LogP contribution in [0.15, 0.2) is 48.8 Å². The molecule has 3 nitrogen and oxygen atoms in total. The van der Waals surface area contributed by atoms with E-state index < -0.39 is 0 Å². The Labute approximate surface area is 139 Å². The van der Waals surface area contributed by atoms with Crippen LogP contribution in [0.5, 0.6) is 5.75 Å². The van der Waals surface area contributed by atoms with Gasteiger partial charge in [0.1, 0.15) is 5.75 Å². The number of hydrogen-bond donors (Lipinski definition) is 2. The van der Waals surface area contributed by atoms with Crippen molar-refractivity contribution in [2.75, 3.05) is 0 Å². The van der Waals surface area contributed by atoms with Gasteiger partial charge in [-0.15, -0.1) is 0 Å². The lowest BCUT2D eigenvalue weighted by Gasteiger charge is -2.40. The van der Waals surface area contributed by atoms with Crippen LogP contribution in [0.3, 0.4) is 0 Å². The number of aromatic hydroxyl groups is 1. The molecule has 0 radical (unpaired) electrons. The molecule has 0 bridgehead atoms. The third-order valence-electron chi connectivity index (χ3n) is 5.11. The molecule has 3 N–H and O–H groups in total. The third kappa shape index (κ3) is 3.73. The number of aromatic nitrogens is 1. The summed E-state index contributed by atoms with van der Waals surface area (Å²) in [6.45, 7) is 8.69. The highest BCUT2D eigenvalue weighted by Gasteiger charge is 2.36. The van der Waals surface area contributed by atoms with Crippen molar-refractivity contribution in [3.63, 3.8) is 0 Å². The molecule has 0 spiro atoms. The fourth-order valence-corrected chi connectivity index (χ4v) is 3.26. The third-order valence-corrected chi connectivity index (χ3v) is 5.11. The van der Waals surface area contributed by atoms with Gasteiger partial charge in [0.05, 0.1) is 0 Å².